The van der Waals surface area contributed by atoms with Crippen molar-refractivity contribution in [1.29, 1.82) is 0 Å². The highest BCUT2D eigenvalue weighted by molar-refractivity contribution is 6.74. The maximum absolute atomic E-state index is 12.9. The van der Waals surface area contributed by atoms with Gasteiger partial charge in [0.25, 0.3) is 0 Å². The summed E-state index contributed by atoms with van der Waals surface area (Å²) < 4.78 is 61.3. The van der Waals surface area contributed by atoms with Crippen LogP contribution in [0.1, 0.15) is 101 Å². The second-order valence-electron chi connectivity index (χ2n) is 18.2. The molecular formula is C43H86O13Si2. The Morgan fingerprint density at radius 2 is 1.53 bits per heavy atom. The maximum atomic E-state index is 12.9. The number of aliphatic hydroxyl groups is 2. The van der Waals surface area contributed by atoms with E-state index >= 15 is 0 Å². The third-order valence-corrected chi connectivity index (χ3v) is 22.6. The van der Waals surface area contributed by atoms with E-state index < -0.39 is 82.6 Å². The molecule has 58 heavy (non-hydrogen) atoms. The third-order valence-electron chi connectivity index (χ3n) is 13.4. The smallest absolute Gasteiger partial charge is 0.337 e. The van der Waals surface area contributed by atoms with E-state index in [0.717, 1.165) is 30.1 Å². The Hall–Kier alpha value is -0.796. The number of hydrogen-bond acceptors (Lipinski definition) is 13. The van der Waals surface area contributed by atoms with Crippen molar-refractivity contribution in [3.8, 4) is 0 Å². The normalized spacial score (nSPS) is 24.6. The van der Waals surface area contributed by atoms with Gasteiger partial charge in [0, 0.05) is 73.3 Å². The summed E-state index contributed by atoms with van der Waals surface area (Å²) in [4.78, 5) is 12.9. The Morgan fingerprint density at radius 1 is 0.931 bits per heavy atom. The minimum atomic E-state index is -2.32. The maximum Gasteiger partial charge on any atom is 0.337 e. The monoisotopic (exact) mass is 867 g/mol. The molecule has 0 bridgehead atoms. The second-order valence-corrected chi connectivity index (χ2v) is 27.7. The van der Waals surface area contributed by atoms with Crippen molar-refractivity contribution >= 4 is 22.6 Å². The fraction of sp³-hybridized carbons (Fsp3) is 0.930. The zero-order valence-electron chi connectivity index (χ0n) is 39.7. The number of carbonyl (C=O) groups is 1. The predicted molar refractivity (Wildman–Crippen MR) is 233 cm³/mol. The fourth-order valence-electron chi connectivity index (χ4n) is 7.71. The van der Waals surface area contributed by atoms with E-state index in [9.17, 15) is 15.0 Å². The summed E-state index contributed by atoms with van der Waals surface area (Å²) in [5, 5.41) is 24.0. The van der Waals surface area contributed by atoms with Crippen molar-refractivity contribution < 1.29 is 61.8 Å². The molecule has 1 rings (SSSR count). The van der Waals surface area contributed by atoms with Gasteiger partial charge < -0.3 is 57.0 Å². The van der Waals surface area contributed by atoms with Crippen LogP contribution in [-0.4, -0.2) is 143 Å². The van der Waals surface area contributed by atoms with Crippen LogP contribution in [0.3, 0.4) is 0 Å². The first-order valence-electron chi connectivity index (χ1n) is 21.4. The molecule has 1 aliphatic heterocycles. The first-order chi connectivity index (χ1) is 27.0. The average molecular weight is 867 g/mol. The van der Waals surface area contributed by atoms with Crippen molar-refractivity contribution in [2.75, 3.05) is 56.1 Å². The Kier molecular flexibility index (Phi) is 23.6. The van der Waals surface area contributed by atoms with E-state index in [1.165, 1.54) is 21.3 Å². The Morgan fingerprint density at radius 3 is 1.98 bits per heavy atom. The quantitative estimate of drug-likeness (QED) is 0.0344. The third kappa shape index (κ3) is 14.1. The molecule has 1 fully saturated rings. The molecule has 0 aromatic rings. The van der Waals surface area contributed by atoms with Crippen LogP contribution in [0.4, 0.5) is 0 Å². The Bertz CT molecular complexity index is 1200. The van der Waals surface area contributed by atoms with Crippen LogP contribution in [0.25, 0.3) is 0 Å². The minimum Gasteiger partial charge on any atom is -0.467 e. The SMILES string of the molecule is CC[C@@H](/C=C(/C)[C@H](O)C[C@H](C[C@@H](O)C(C)(C)[C@]1(OC)O[C@H](C[C@H](OC)[C@@H](OCOC)C(=O)OC)C[C@H](OC)[C@@H]1O[Si](CC)(CC)CC)OC)CO[Si](C)(C)C(C)(C)C. The van der Waals surface area contributed by atoms with Crippen LogP contribution >= 0.6 is 0 Å². The molecule has 0 amide bonds. The van der Waals surface area contributed by atoms with Crippen LogP contribution in [-0.2, 0) is 51.5 Å². The highest BCUT2D eigenvalue weighted by Gasteiger charge is 2.64. The van der Waals surface area contributed by atoms with E-state index in [1.54, 1.807) is 21.3 Å². The Balaban J connectivity index is 3.61. The molecule has 0 aromatic heterocycles. The summed E-state index contributed by atoms with van der Waals surface area (Å²) in [6.07, 6.45) is -1.94. The van der Waals surface area contributed by atoms with Gasteiger partial charge in [0.2, 0.25) is 5.79 Å². The molecule has 15 heteroatoms. The van der Waals surface area contributed by atoms with Crippen molar-refractivity contribution in [3.05, 3.63) is 11.6 Å². The molecule has 0 unspecified atom stereocenters. The second kappa shape index (κ2) is 24.7. The number of methoxy groups -OCH3 is 6. The van der Waals surface area contributed by atoms with Crippen molar-refractivity contribution in [2.24, 2.45) is 11.3 Å². The van der Waals surface area contributed by atoms with Crippen LogP contribution in [0.2, 0.25) is 36.3 Å². The number of hydrogen-bond donors (Lipinski definition) is 2. The zero-order chi connectivity index (χ0) is 44.7. The van der Waals surface area contributed by atoms with Gasteiger partial charge in [-0.25, -0.2) is 4.79 Å². The highest BCUT2D eigenvalue weighted by atomic mass is 28.4. The van der Waals surface area contributed by atoms with E-state index in [-0.39, 0.29) is 37.0 Å². The lowest BCUT2D eigenvalue weighted by Crippen LogP contribution is -2.71. The summed E-state index contributed by atoms with van der Waals surface area (Å²) in [6, 6.07) is 2.63. The van der Waals surface area contributed by atoms with Crippen LogP contribution in [0, 0.1) is 11.3 Å². The minimum absolute atomic E-state index is 0.109. The van der Waals surface area contributed by atoms with Crippen LogP contribution in [0.5, 0.6) is 0 Å². The molecular weight excluding hydrogens is 781 g/mol. The Labute approximate surface area is 354 Å². The highest BCUT2D eigenvalue weighted by Crippen LogP contribution is 2.50. The fourth-order valence-corrected chi connectivity index (χ4v) is 11.6. The lowest BCUT2D eigenvalue weighted by atomic mass is 9.70. The lowest BCUT2D eigenvalue weighted by Gasteiger charge is -2.58. The van der Waals surface area contributed by atoms with Crippen LogP contribution in [0.15, 0.2) is 11.6 Å². The molecule has 344 valence electrons. The average Bonchev–Trinajstić information content (AvgIpc) is 3.19. The standard InChI is InChI=1S/C43H86O13Si2/c1-19-31(28-54-57(17,18)41(6,7)8)23-30(5)34(44)24-32(48-12)27-37(45)42(9,10)43(52-16)39(56-58(20-2,21-3)22-4)36(50-14)26-33(55-43)25-35(49-13)38(40(46)51-15)53-29-47-11/h23,31-39,44-45H,19-22,24-29H2,1-18H3/b30-23-/t31-,32+,33+,34+,35-,36-,37+,38+,39-,43+/m0/s1. The van der Waals surface area contributed by atoms with Gasteiger partial charge in [-0.2, -0.15) is 0 Å². The van der Waals surface area contributed by atoms with Gasteiger partial charge in [-0.05, 0) is 61.1 Å². The molecule has 1 saturated heterocycles. The molecule has 0 radical (unpaired) electrons. The first kappa shape index (κ1) is 55.2. The summed E-state index contributed by atoms with van der Waals surface area (Å²) in [7, 11) is 4.83. The molecule has 1 heterocycles. The van der Waals surface area contributed by atoms with Crippen LogP contribution < -0.4 is 0 Å². The summed E-state index contributed by atoms with van der Waals surface area (Å²) in [5.74, 6) is -1.98. The van der Waals surface area contributed by atoms with E-state index in [0.29, 0.717) is 13.0 Å². The summed E-state index contributed by atoms with van der Waals surface area (Å²) in [6.45, 7) is 26.1. The van der Waals surface area contributed by atoms with E-state index in [2.05, 4.69) is 67.6 Å². The lowest BCUT2D eigenvalue weighted by molar-refractivity contribution is -0.384. The molecule has 0 aromatic carbocycles. The van der Waals surface area contributed by atoms with Gasteiger partial charge in [0.15, 0.2) is 22.7 Å². The molecule has 0 aliphatic carbocycles. The molecule has 2 N–H and O–H groups in total. The van der Waals surface area contributed by atoms with Gasteiger partial charge in [0.1, 0.15) is 12.9 Å². The van der Waals surface area contributed by atoms with Crippen molar-refractivity contribution in [2.45, 2.75) is 192 Å². The summed E-state index contributed by atoms with van der Waals surface area (Å²) in [5.41, 5.74) is -0.285. The van der Waals surface area contributed by atoms with Gasteiger partial charge in [0.05, 0.1) is 43.7 Å². The van der Waals surface area contributed by atoms with Crippen molar-refractivity contribution in [1.82, 2.24) is 0 Å². The number of esters is 1. The largest absolute Gasteiger partial charge is 0.467 e. The van der Waals surface area contributed by atoms with Gasteiger partial charge >= 0.3 is 5.97 Å². The molecule has 10 atom stereocenters. The van der Waals surface area contributed by atoms with Gasteiger partial charge in [-0.3, -0.25) is 0 Å². The summed E-state index contributed by atoms with van der Waals surface area (Å²) >= 11 is 0. The number of ether oxygens (including phenoxy) is 8. The first-order valence-corrected chi connectivity index (χ1v) is 26.8. The number of aliphatic hydroxyl groups excluding tert-OH is 2. The van der Waals surface area contributed by atoms with E-state index in [1.807, 2.05) is 20.8 Å². The number of rotatable bonds is 28. The van der Waals surface area contributed by atoms with Gasteiger partial charge in [-0.1, -0.05) is 68.4 Å². The zero-order valence-corrected chi connectivity index (χ0v) is 41.7. The topological polar surface area (TPSA) is 150 Å². The van der Waals surface area contributed by atoms with E-state index in [4.69, 9.17) is 46.7 Å². The molecule has 1 aliphatic rings. The van der Waals surface area contributed by atoms with Gasteiger partial charge in [-0.15, -0.1) is 0 Å². The van der Waals surface area contributed by atoms with Crippen molar-refractivity contribution in [3.63, 3.8) is 0 Å². The molecule has 0 saturated carbocycles. The molecule has 0 spiro atoms. The number of carbonyl (C=O) groups excluding carboxylic acids is 1. The molecule has 13 nitrogen and oxygen atoms in total. The predicted octanol–water partition coefficient (Wildman–Crippen LogP) is 7.63.